The van der Waals surface area contributed by atoms with Crippen LogP contribution in [0.1, 0.15) is 27.9 Å². The number of esters is 1. The highest BCUT2D eigenvalue weighted by Crippen LogP contribution is 2.33. The van der Waals surface area contributed by atoms with Crippen molar-refractivity contribution >= 4 is 27.6 Å². The maximum Gasteiger partial charge on any atom is 0.338 e. The highest BCUT2D eigenvalue weighted by molar-refractivity contribution is 7.89. The van der Waals surface area contributed by atoms with E-state index in [1.165, 1.54) is 19.2 Å². The van der Waals surface area contributed by atoms with Gasteiger partial charge in [-0.05, 0) is 65.8 Å². The van der Waals surface area contributed by atoms with Gasteiger partial charge in [0.2, 0.25) is 10.0 Å². The normalized spacial score (nSPS) is 15.9. The number of sulfonamides is 1. The van der Waals surface area contributed by atoms with Crippen molar-refractivity contribution in [3.8, 4) is 11.1 Å². The maximum atomic E-state index is 12.8. The zero-order valence-electron chi connectivity index (χ0n) is 17.0. The summed E-state index contributed by atoms with van der Waals surface area (Å²) in [6.45, 7) is 0. The van der Waals surface area contributed by atoms with E-state index < -0.39 is 10.0 Å². The second-order valence-electron chi connectivity index (χ2n) is 7.50. The summed E-state index contributed by atoms with van der Waals surface area (Å²) in [5.74, 6) is -0.379. The van der Waals surface area contributed by atoms with Crippen molar-refractivity contribution in [1.82, 2.24) is 4.72 Å². The molecule has 0 heterocycles. The molecule has 3 aromatic carbocycles. The SMILES string of the molecule is COC(=O)c1c(-c2ccccc2)ccc2c1CCC(NS(=O)(=O)c1ccc(Cl)cc1)C2. The van der Waals surface area contributed by atoms with Crippen molar-refractivity contribution in [2.45, 2.75) is 30.2 Å². The van der Waals surface area contributed by atoms with Crippen LogP contribution in [0, 0.1) is 0 Å². The largest absolute Gasteiger partial charge is 0.465 e. The molecule has 4 rings (SSSR count). The minimum Gasteiger partial charge on any atom is -0.465 e. The summed E-state index contributed by atoms with van der Waals surface area (Å²) in [5.41, 5.74) is 4.21. The standard InChI is InChI=1S/C24H22ClNO4S/c1-30-24(27)23-21(16-5-3-2-4-6-16)13-7-17-15-19(10-14-22(17)23)26-31(28,29)20-11-8-18(25)9-12-20/h2-9,11-13,19,26H,10,14-15H2,1H3. The van der Waals surface area contributed by atoms with Gasteiger partial charge < -0.3 is 4.74 Å². The molecule has 3 aromatic rings. The van der Waals surface area contributed by atoms with Gasteiger partial charge in [0.25, 0.3) is 0 Å². The summed E-state index contributed by atoms with van der Waals surface area (Å²) in [7, 11) is -2.28. The van der Waals surface area contributed by atoms with Gasteiger partial charge in [-0.2, -0.15) is 0 Å². The molecule has 0 saturated heterocycles. The molecule has 160 valence electrons. The smallest absolute Gasteiger partial charge is 0.338 e. The summed E-state index contributed by atoms with van der Waals surface area (Å²) in [5, 5.41) is 0.482. The molecule has 1 aliphatic carbocycles. The fourth-order valence-corrected chi connectivity index (χ4v) is 5.45. The second kappa shape index (κ2) is 8.83. The van der Waals surface area contributed by atoms with Crippen LogP contribution in [0.3, 0.4) is 0 Å². The minimum absolute atomic E-state index is 0.178. The summed E-state index contributed by atoms with van der Waals surface area (Å²) < 4.78 is 33.4. The van der Waals surface area contributed by atoms with Gasteiger partial charge in [-0.15, -0.1) is 0 Å². The number of hydrogen-bond acceptors (Lipinski definition) is 4. The monoisotopic (exact) mass is 455 g/mol. The average molecular weight is 456 g/mol. The number of ether oxygens (including phenoxy) is 1. The Bertz CT molecular complexity index is 1210. The molecule has 0 bridgehead atoms. The van der Waals surface area contributed by atoms with E-state index in [1.807, 2.05) is 42.5 Å². The van der Waals surface area contributed by atoms with E-state index in [2.05, 4.69) is 4.72 Å². The topological polar surface area (TPSA) is 72.5 Å². The molecular formula is C24H22ClNO4S. The molecule has 0 fully saturated rings. The fourth-order valence-electron chi connectivity index (χ4n) is 4.05. The van der Waals surface area contributed by atoms with E-state index in [9.17, 15) is 13.2 Å². The highest BCUT2D eigenvalue weighted by Gasteiger charge is 2.29. The van der Waals surface area contributed by atoms with E-state index in [0.29, 0.717) is 29.8 Å². The lowest BCUT2D eigenvalue weighted by Gasteiger charge is -2.28. The molecule has 0 amide bonds. The van der Waals surface area contributed by atoms with Crippen LogP contribution in [-0.4, -0.2) is 27.5 Å². The van der Waals surface area contributed by atoms with Crippen molar-refractivity contribution in [2.75, 3.05) is 7.11 Å². The third-order valence-corrected chi connectivity index (χ3v) is 7.33. The van der Waals surface area contributed by atoms with Gasteiger partial charge in [0.15, 0.2) is 0 Å². The number of rotatable bonds is 5. The number of halogens is 1. The van der Waals surface area contributed by atoms with E-state index >= 15 is 0 Å². The molecule has 0 radical (unpaired) electrons. The molecule has 0 aromatic heterocycles. The van der Waals surface area contributed by atoms with Crippen molar-refractivity contribution < 1.29 is 17.9 Å². The van der Waals surface area contributed by atoms with Gasteiger partial charge in [-0.1, -0.05) is 54.1 Å². The van der Waals surface area contributed by atoms with E-state index in [-0.39, 0.29) is 16.9 Å². The summed E-state index contributed by atoms with van der Waals surface area (Å²) in [4.78, 5) is 12.8. The predicted molar refractivity (Wildman–Crippen MR) is 121 cm³/mol. The van der Waals surface area contributed by atoms with E-state index in [4.69, 9.17) is 16.3 Å². The van der Waals surface area contributed by atoms with Crippen LogP contribution in [0.5, 0.6) is 0 Å². The molecule has 0 aliphatic heterocycles. The van der Waals surface area contributed by atoms with Crippen LogP contribution in [0.15, 0.2) is 71.6 Å². The third-order valence-electron chi connectivity index (χ3n) is 5.54. The lowest BCUT2D eigenvalue weighted by molar-refractivity contribution is 0.0600. The van der Waals surface area contributed by atoms with Crippen LogP contribution < -0.4 is 4.72 Å². The van der Waals surface area contributed by atoms with Crippen LogP contribution >= 0.6 is 11.6 Å². The lowest BCUT2D eigenvalue weighted by atomic mass is 9.82. The van der Waals surface area contributed by atoms with Crippen molar-refractivity contribution in [3.63, 3.8) is 0 Å². The number of fused-ring (bicyclic) bond motifs is 1. The zero-order chi connectivity index (χ0) is 22.0. The van der Waals surface area contributed by atoms with Gasteiger partial charge >= 0.3 is 5.97 Å². The van der Waals surface area contributed by atoms with Gasteiger partial charge in [0.1, 0.15) is 0 Å². The van der Waals surface area contributed by atoms with Gasteiger partial charge in [-0.25, -0.2) is 17.9 Å². The number of methoxy groups -OCH3 is 1. The Morgan fingerprint density at radius 3 is 2.42 bits per heavy atom. The van der Waals surface area contributed by atoms with Crippen LogP contribution in [0.4, 0.5) is 0 Å². The Labute approximate surface area is 187 Å². The molecule has 1 unspecified atom stereocenters. The van der Waals surface area contributed by atoms with E-state index in [1.54, 1.807) is 12.1 Å². The first-order valence-electron chi connectivity index (χ1n) is 9.95. The first kappa shape index (κ1) is 21.6. The molecule has 1 aliphatic rings. The second-order valence-corrected chi connectivity index (χ2v) is 9.65. The molecule has 0 spiro atoms. The summed E-state index contributed by atoms with van der Waals surface area (Å²) >= 11 is 5.87. The zero-order valence-corrected chi connectivity index (χ0v) is 18.5. The Hall–Kier alpha value is -2.67. The Balaban J connectivity index is 1.64. The molecule has 1 N–H and O–H groups in total. The van der Waals surface area contributed by atoms with Crippen molar-refractivity contribution in [1.29, 1.82) is 0 Å². The average Bonchev–Trinajstić information content (AvgIpc) is 2.78. The van der Waals surface area contributed by atoms with Crippen LogP contribution in [0.25, 0.3) is 11.1 Å². The quantitative estimate of drug-likeness (QED) is 0.569. The maximum absolute atomic E-state index is 12.8. The van der Waals surface area contributed by atoms with Gasteiger partial charge in [0.05, 0.1) is 17.6 Å². The minimum atomic E-state index is -3.66. The van der Waals surface area contributed by atoms with Gasteiger partial charge in [-0.3, -0.25) is 0 Å². The predicted octanol–water partition coefficient (Wildman–Crippen LogP) is 4.63. The lowest BCUT2D eigenvalue weighted by Crippen LogP contribution is -2.39. The fraction of sp³-hybridized carbons (Fsp3) is 0.208. The molecular weight excluding hydrogens is 434 g/mol. The Morgan fingerprint density at radius 2 is 1.74 bits per heavy atom. The number of hydrogen-bond donors (Lipinski definition) is 1. The third kappa shape index (κ3) is 4.51. The number of carbonyl (C=O) groups excluding carboxylic acids is 1. The number of carbonyl (C=O) groups is 1. The Kier molecular flexibility index (Phi) is 6.14. The van der Waals surface area contributed by atoms with Crippen LogP contribution in [-0.2, 0) is 27.6 Å². The molecule has 1 atom stereocenters. The molecule has 31 heavy (non-hydrogen) atoms. The van der Waals surface area contributed by atoms with Crippen molar-refractivity contribution in [2.24, 2.45) is 0 Å². The molecule has 0 saturated carbocycles. The van der Waals surface area contributed by atoms with Crippen LogP contribution in [0.2, 0.25) is 5.02 Å². The van der Waals surface area contributed by atoms with Gasteiger partial charge in [0, 0.05) is 11.1 Å². The summed E-state index contributed by atoms with van der Waals surface area (Å²) in [6.07, 6.45) is 1.66. The molecule has 5 nitrogen and oxygen atoms in total. The summed E-state index contributed by atoms with van der Waals surface area (Å²) in [6, 6.07) is 19.4. The highest BCUT2D eigenvalue weighted by atomic mass is 35.5. The Morgan fingerprint density at radius 1 is 1.03 bits per heavy atom. The first-order chi connectivity index (χ1) is 14.9. The number of nitrogens with one attached hydrogen (secondary N) is 1. The molecule has 7 heteroatoms. The number of benzene rings is 3. The van der Waals surface area contributed by atoms with E-state index in [0.717, 1.165) is 22.3 Å². The first-order valence-corrected chi connectivity index (χ1v) is 11.8. The van der Waals surface area contributed by atoms with Crippen molar-refractivity contribution in [3.05, 3.63) is 88.4 Å².